The minimum Gasteiger partial charge on any atom is -0.325 e. The maximum Gasteiger partial charge on any atom is 0.109 e. The molecule has 0 unspecified atom stereocenters. The van der Waals surface area contributed by atoms with Gasteiger partial charge in [0.25, 0.3) is 0 Å². The maximum atomic E-state index is 4.75. The lowest BCUT2D eigenvalue weighted by atomic mass is 9.91. The van der Waals surface area contributed by atoms with E-state index in [2.05, 4.69) is 37.3 Å². The van der Waals surface area contributed by atoms with Crippen molar-refractivity contribution < 1.29 is 0 Å². The smallest absolute Gasteiger partial charge is 0.109 e. The Balaban J connectivity index is 2.58. The van der Waals surface area contributed by atoms with Crippen molar-refractivity contribution in [3.63, 3.8) is 0 Å². The topological polar surface area (TPSA) is 30.2 Å². The van der Waals surface area contributed by atoms with Crippen LogP contribution in [0.5, 0.6) is 0 Å². The Morgan fingerprint density at radius 3 is 2.73 bits per heavy atom. The first-order valence-electron chi connectivity index (χ1n) is 5.63. The first kappa shape index (κ1) is 10.4. The predicted octanol–water partition coefficient (Wildman–Crippen LogP) is 2.18. The van der Waals surface area contributed by atoms with E-state index in [1.54, 1.807) is 0 Å². The van der Waals surface area contributed by atoms with E-state index >= 15 is 0 Å². The molecular weight excluding hydrogens is 186 g/mol. The highest BCUT2D eigenvalue weighted by molar-refractivity contribution is 5.80. The summed E-state index contributed by atoms with van der Waals surface area (Å²) in [5, 5.41) is 0. The van der Waals surface area contributed by atoms with Crippen LogP contribution in [0.1, 0.15) is 44.9 Å². The van der Waals surface area contributed by atoms with E-state index in [0.717, 1.165) is 19.5 Å². The van der Waals surface area contributed by atoms with E-state index in [1.807, 2.05) is 6.21 Å². The van der Waals surface area contributed by atoms with Crippen LogP contribution in [-0.2, 0) is 18.4 Å². The Kier molecular flexibility index (Phi) is 2.41. The number of aliphatic imine (C=N–C) groups is 1. The van der Waals surface area contributed by atoms with Crippen molar-refractivity contribution in [2.45, 2.75) is 46.1 Å². The molecular formula is C12H19N3. The van der Waals surface area contributed by atoms with Gasteiger partial charge in [0.15, 0.2) is 0 Å². The van der Waals surface area contributed by atoms with Crippen LogP contribution >= 0.6 is 0 Å². The molecule has 1 aromatic heterocycles. The molecule has 82 valence electrons. The molecule has 0 aromatic carbocycles. The highest BCUT2D eigenvalue weighted by Crippen LogP contribution is 2.26. The molecule has 0 aliphatic carbocycles. The molecule has 3 heteroatoms. The van der Waals surface area contributed by atoms with Gasteiger partial charge in [-0.1, -0.05) is 27.7 Å². The zero-order chi connectivity index (χ0) is 11.1. The Hall–Kier alpha value is -1.12. The van der Waals surface area contributed by atoms with Gasteiger partial charge >= 0.3 is 0 Å². The number of fused-ring (bicyclic) bond motifs is 1. The standard InChI is InChI=1S/C12H19N3/c1-5-10-14-11(12(2,3)4)9-8-13-6-7-15(9)10/h8H,5-7H2,1-4H3. The van der Waals surface area contributed by atoms with Crippen molar-refractivity contribution in [3.8, 4) is 0 Å². The van der Waals surface area contributed by atoms with Gasteiger partial charge < -0.3 is 4.57 Å². The zero-order valence-electron chi connectivity index (χ0n) is 10.0. The van der Waals surface area contributed by atoms with Crippen LogP contribution in [-0.4, -0.2) is 22.3 Å². The Bertz CT molecular complexity index is 394. The maximum absolute atomic E-state index is 4.75. The second kappa shape index (κ2) is 3.47. The molecule has 2 rings (SSSR count). The van der Waals surface area contributed by atoms with Gasteiger partial charge in [-0.3, -0.25) is 4.99 Å². The van der Waals surface area contributed by atoms with Crippen LogP contribution in [0.25, 0.3) is 0 Å². The van der Waals surface area contributed by atoms with Crippen LogP contribution in [0.15, 0.2) is 4.99 Å². The van der Waals surface area contributed by atoms with E-state index in [9.17, 15) is 0 Å². The number of aryl methyl sites for hydroxylation is 1. The minimum atomic E-state index is 0.105. The molecule has 3 nitrogen and oxygen atoms in total. The Morgan fingerprint density at radius 1 is 1.40 bits per heavy atom. The minimum absolute atomic E-state index is 0.105. The molecule has 2 heterocycles. The Morgan fingerprint density at radius 2 is 2.13 bits per heavy atom. The average molecular weight is 205 g/mol. The van der Waals surface area contributed by atoms with Gasteiger partial charge in [0.2, 0.25) is 0 Å². The Labute approximate surface area is 91.2 Å². The molecule has 0 bridgehead atoms. The summed E-state index contributed by atoms with van der Waals surface area (Å²) in [5.74, 6) is 1.20. The summed E-state index contributed by atoms with van der Waals surface area (Å²) >= 11 is 0. The summed E-state index contributed by atoms with van der Waals surface area (Å²) in [6.07, 6.45) is 2.98. The highest BCUT2D eigenvalue weighted by atomic mass is 15.1. The highest BCUT2D eigenvalue weighted by Gasteiger charge is 2.25. The number of nitrogens with zero attached hydrogens (tertiary/aromatic N) is 3. The second-order valence-corrected chi connectivity index (χ2v) is 5.05. The van der Waals surface area contributed by atoms with Crippen molar-refractivity contribution in [2.24, 2.45) is 4.99 Å². The summed E-state index contributed by atoms with van der Waals surface area (Å²) in [6, 6.07) is 0. The molecule has 1 aliphatic rings. The lowest BCUT2D eigenvalue weighted by Crippen LogP contribution is -2.18. The molecule has 0 saturated heterocycles. The average Bonchev–Trinajstić information content (AvgIpc) is 2.55. The van der Waals surface area contributed by atoms with Crippen LogP contribution in [0.3, 0.4) is 0 Å². The summed E-state index contributed by atoms with van der Waals surface area (Å²) in [4.78, 5) is 9.11. The van der Waals surface area contributed by atoms with Gasteiger partial charge in [0.1, 0.15) is 5.82 Å². The third-order valence-corrected chi connectivity index (χ3v) is 2.78. The van der Waals surface area contributed by atoms with Crippen molar-refractivity contribution in [3.05, 3.63) is 17.2 Å². The van der Waals surface area contributed by atoms with Crippen LogP contribution in [0.4, 0.5) is 0 Å². The second-order valence-electron chi connectivity index (χ2n) is 5.05. The van der Waals surface area contributed by atoms with Crippen LogP contribution in [0, 0.1) is 0 Å². The first-order valence-corrected chi connectivity index (χ1v) is 5.63. The van der Waals surface area contributed by atoms with E-state index in [0.29, 0.717) is 0 Å². The first-order chi connectivity index (χ1) is 7.04. The molecule has 1 aliphatic heterocycles. The molecule has 15 heavy (non-hydrogen) atoms. The summed E-state index contributed by atoms with van der Waals surface area (Å²) in [6.45, 7) is 10.7. The number of imidazole rings is 1. The van der Waals surface area contributed by atoms with Gasteiger partial charge in [-0.15, -0.1) is 0 Å². The van der Waals surface area contributed by atoms with E-state index in [-0.39, 0.29) is 5.41 Å². The van der Waals surface area contributed by atoms with Gasteiger partial charge in [0, 0.05) is 24.6 Å². The molecule has 0 saturated carbocycles. The lowest BCUT2D eigenvalue weighted by molar-refractivity contribution is 0.568. The van der Waals surface area contributed by atoms with Gasteiger partial charge in [-0.25, -0.2) is 4.98 Å². The monoisotopic (exact) mass is 205 g/mol. The van der Waals surface area contributed by atoms with Crippen molar-refractivity contribution in [1.82, 2.24) is 9.55 Å². The predicted molar refractivity (Wildman–Crippen MR) is 62.8 cm³/mol. The number of hydrogen-bond donors (Lipinski definition) is 0. The van der Waals surface area contributed by atoms with Crippen molar-refractivity contribution in [1.29, 1.82) is 0 Å². The van der Waals surface area contributed by atoms with Gasteiger partial charge in [0.05, 0.1) is 17.9 Å². The molecule has 0 spiro atoms. The third kappa shape index (κ3) is 1.71. The largest absolute Gasteiger partial charge is 0.325 e. The number of hydrogen-bond acceptors (Lipinski definition) is 2. The van der Waals surface area contributed by atoms with E-state index in [4.69, 9.17) is 4.98 Å². The van der Waals surface area contributed by atoms with E-state index in [1.165, 1.54) is 17.2 Å². The summed E-state index contributed by atoms with van der Waals surface area (Å²) < 4.78 is 2.31. The normalized spacial score (nSPS) is 15.5. The molecule has 0 amide bonds. The molecule has 0 radical (unpaired) electrons. The zero-order valence-corrected chi connectivity index (χ0v) is 10.0. The fourth-order valence-corrected chi connectivity index (χ4v) is 2.02. The fourth-order valence-electron chi connectivity index (χ4n) is 2.02. The molecule has 0 N–H and O–H groups in total. The van der Waals surface area contributed by atoms with Gasteiger partial charge in [-0.05, 0) is 0 Å². The van der Waals surface area contributed by atoms with Crippen LogP contribution in [0.2, 0.25) is 0 Å². The third-order valence-electron chi connectivity index (χ3n) is 2.78. The lowest BCUT2D eigenvalue weighted by Gasteiger charge is -2.18. The number of rotatable bonds is 1. The van der Waals surface area contributed by atoms with Crippen molar-refractivity contribution in [2.75, 3.05) is 6.54 Å². The van der Waals surface area contributed by atoms with Crippen LogP contribution < -0.4 is 0 Å². The molecule has 0 atom stereocenters. The molecule has 0 fully saturated rings. The van der Waals surface area contributed by atoms with Gasteiger partial charge in [-0.2, -0.15) is 0 Å². The fraction of sp³-hybridized carbons (Fsp3) is 0.667. The number of aromatic nitrogens is 2. The quantitative estimate of drug-likeness (QED) is 0.691. The molecule has 1 aromatic rings. The summed E-state index contributed by atoms with van der Waals surface area (Å²) in [5.41, 5.74) is 2.50. The SMILES string of the molecule is CCc1nc(C(C)(C)C)c2n1CCN=C2. The van der Waals surface area contributed by atoms with Crippen molar-refractivity contribution >= 4 is 6.21 Å². The van der Waals surface area contributed by atoms with E-state index < -0.39 is 0 Å². The summed E-state index contributed by atoms with van der Waals surface area (Å²) in [7, 11) is 0.